The van der Waals surface area contributed by atoms with Gasteiger partial charge in [-0.2, -0.15) is 0 Å². The molecule has 1 heteroatoms. The number of hydrogen-bond donors (Lipinski definition) is 0. The van der Waals surface area contributed by atoms with Crippen LogP contribution in [0, 0.1) is 6.92 Å². The van der Waals surface area contributed by atoms with E-state index >= 15 is 0 Å². The second-order valence-electron chi connectivity index (χ2n) is 0.289. The summed E-state index contributed by atoms with van der Waals surface area (Å²) in [5, 5.41) is 0. The molecule has 0 nitrogen and oxygen atoms in total. The van der Waals surface area contributed by atoms with Gasteiger partial charge in [0, 0.05) is 0 Å². The average molecular weight is 71.1 g/mol. The topological polar surface area (TPSA) is 0 Å². The normalized spacial score (nSPS) is 3.25. The van der Waals surface area contributed by atoms with E-state index in [1.807, 2.05) is 0 Å². The van der Waals surface area contributed by atoms with Crippen LogP contribution in [0.15, 0.2) is 12.7 Å². The maximum absolute atomic E-state index is 3.25. The lowest BCUT2D eigenvalue weighted by Gasteiger charge is -1.30. The molecule has 4 heavy (non-hydrogen) atoms. The average Bonchev–Trinajstić information content (AvgIpc) is 0.918. The van der Waals surface area contributed by atoms with Gasteiger partial charge in [-0.15, -0.1) is 6.58 Å². The Morgan fingerprint density at radius 1 is 1.50 bits per heavy atom. The summed E-state index contributed by atoms with van der Waals surface area (Å²) in [5.41, 5.74) is 0. The summed E-state index contributed by atoms with van der Waals surface area (Å²) < 4.78 is 0. The number of rotatable bonds is 0. The van der Waals surface area contributed by atoms with Crippen molar-refractivity contribution in [3.63, 3.8) is 0 Å². The highest BCUT2D eigenvalue weighted by Crippen LogP contribution is 1.36. The quantitative estimate of drug-likeness (QED) is 0.347. The zero-order valence-electron chi connectivity index (χ0n) is 1.99. The number of hydrogen-bond acceptors (Lipinski definition) is 0. The Labute approximate surface area is 37.7 Å². The monoisotopic (exact) mass is 71.0 g/mol. The molecule has 0 aromatic heterocycles. The molecule has 0 unspecified atom stereocenters. The summed E-state index contributed by atoms with van der Waals surface area (Å²) >= 11 is 0. The lowest BCUT2D eigenvalue weighted by Crippen LogP contribution is -1.09. The Hall–Kier alpha value is 0.272. The van der Waals surface area contributed by atoms with E-state index in [1.54, 1.807) is 0 Å². The smallest absolute Gasteiger partial charge is 0.103 e. The van der Waals surface area contributed by atoms with Crippen molar-refractivity contribution in [3.05, 3.63) is 19.6 Å². The Kier molecular flexibility index (Phi) is 23.1. The van der Waals surface area contributed by atoms with Gasteiger partial charge in [0.05, 0.1) is 0 Å². The molecule has 0 saturated carbocycles. The van der Waals surface area contributed by atoms with Crippen molar-refractivity contribution in [2.24, 2.45) is 0 Å². The highest BCUT2D eigenvalue weighted by Gasteiger charge is 1.15. The molecule has 0 saturated heterocycles. The predicted molar refractivity (Wildman–Crippen MR) is 25.5 cm³/mol. The van der Waals surface area contributed by atoms with Crippen LogP contribution in [-0.2, 0) is 0 Å². The van der Waals surface area contributed by atoms with E-state index in [-0.39, 0.29) is 17.4 Å². The van der Waals surface area contributed by atoms with Gasteiger partial charge in [-0.1, -0.05) is 6.08 Å². The van der Waals surface area contributed by atoms with Crippen molar-refractivity contribution in [1.29, 1.82) is 0 Å². The van der Waals surface area contributed by atoms with Gasteiger partial charge in [0.2, 0.25) is 0 Å². The second-order valence-corrected chi connectivity index (χ2v) is 0.289. The maximum atomic E-state index is 3.25. The minimum atomic E-state index is 0. The maximum Gasteiger partial charge on any atom is 0.187 e. The first-order valence-electron chi connectivity index (χ1n) is 0.816. The molecule has 0 N–H and O–H groups in total. The van der Waals surface area contributed by atoms with E-state index < -0.39 is 0 Å². The fraction of sp³-hybridized carbons (Fsp3) is 0. The molecule has 0 aliphatic carbocycles. The van der Waals surface area contributed by atoms with Gasteiger partial charge in [0.15, 0.2) is 17.4 Å². The number of allylic oxidation sites excluding steroid dienone is 1. The van der Waals surface area contributed by atoms with Crippen LogP contribution in [0.4, 0.5) is 0 Å². The summed E-state index contributed by atoms with van der Waals surface area (Å²) in [6.45, 7) is 6.50. The van der Waals surface area contributed by atoms with Gasteiger partial charge in [0.25, 0.3) is 0 Å². The minimum Gasteiger partial charge on any atom is -0.103 e. The minimum absolute atomic E-state index is 0. The summed E-state index contributed by atoms with van der Waals surface area (Å²) in [5.74, 6) is 0. The zero-order valence-corrected chi connectivity index (χ0v) is 1.99. The van der Waals surface area contributed by atoms with Crippen LogP contribution in [0.5, 0.6) is 0 Å². The first-order chi connectivity index (χ1) is 1.41. The summed E-state index contributed by atoms with van der Waals surface area (Å²) in [6, 6.07) is 0. The first-order valence-corrected chi connectivity index (χ1v) is 0.816. The molecule has 0 aliphatic rings. The molecule has 0 aromatic carbocycles. The molecule has 0 spiro atoms. The van der Waals surface area contributed by atoms with Crippen molar-refractivity contribution in [1.82, 2.24) is 0 Å². The molecule has 0 heterocycles. The van der Waals surface area contributed by atoms with Gasteiger partial charge in [0.1, 0.15) is 0 Å². The van der Waals surface area contributed by atoms with Crippen LogP contribution in [0.25, 0.3) is 0 Å². The third-order valence-corrected chi connectivity index (χ3v) is 0. The molecule has 0 aromatic rings. The third kappa shape index (κ3) is 49.6. The fourth-order valence-electron chi connectivity index (χ4n) is 0. The van der Waals surface area contributed by atoms with Crippen LogP contribution in [0.3, 0.4) is 0 Å². The van der Waals surface area contributed by atoms with Gasteiger partial charge in [-0.25, -0.2) is 0 Å². The molecule has 0 atom stereocenters. The highest BCUT2D eigenvalue weighted by atomic mass is 27.0. The Bertz CT molecular complexity index is 10.8. The molecule has 0 amide bonds. The van der Waals surface area contributed by atoms with Crippen molar-refractivity contribution in [2.45, 2.75) is 0 Å². The Morgan fingerprint density at radius 2 is 1.50 bits per heavy atom. The van der Waals surface area contributed by atoms with E-state index in [2.05, 4.69) is 13.5 Å². The highest BCUT2D eigenvalue weighted by molar-refractivity contribution is 5.75. The molecular formula is C3H8Al. The molecule has 0 aliphatic heterocycles. The lowest BCUT2D eigenvalue weighted by molar-refractivity contribution is 2.19. The van der Waals surface area contributed by atoms with Crippen LogP contribution >= 0.6 is 0 Å². The van der Waals surface area contributed by atoms with Crippen molar-refractivity contribution in [2.75, 3.05) is 0 Å². The van der Waals surface area contributed by atoms with Gasteiger partial charge in [-0.05, 0) is 6.92 Å². The van der Waals surface area contributed by atoms with E-state index in [9.17, 15) is 0 Å². The largest absolute Gasteiger partial charge is 0.187 e. The second kappa shape index (κ2) is 10.4. The molecule has 1 radical (unpaired) electrons. The molecule has 0 fully saturated rings. The Balaban J connectivity index is 0. The summed E-state index contributed by atoms with van der Waals surface area (Å²) in [4.78, 5) is 0. The summed E-state index contributed by atoms with van der Waals surface area (Å²) in [6.07, 6.45) is 1.50. The van der Waals surface area contributed by atoms with Crippen LogP contribution in [0.2, 0.25) is 0 Å². The zero-order chi connectivity index (χ0) is 2.71. The van der Waals surface area contributed by atoms with Crippen molar-refractivity contribution < 1.29 is 0 Å². The van der Waals surface area contributed by atoms with E-state index in [0.29, 0.717) is 0 Å². The molecule has 23 valence electrons. The van der Waals surface area contributed by atoms with E-state index in [4.69, 9.17) is 0 Å². The third-order valence-electron chi connectivity index (χ3n) is 0. The van der Waals surface area contributed by atoms with Gasteiger partial charge < -0.3 is 0 Å². The van der Waals surface area contributed by atoms with Crippen LogP contribution in [0.1, 0.15) is 0 Å². The van der Waals surface area contributed by atoms with Crippen molar-refractivity contribution in [3.8, 4) is 0 Å². The molecule has 0 rings (SSSR count). The van der Waals surface area contributed by atoms with Crippen LogP contribution in [-0.4, -0.2) is 17.4 Å². The van der Waals surface area contributed by atoms with E-state index in [1.165, 1.54) is 6.08 Å². The summed E-state index contributed by atoms with van der Waals surface area (Å²) in [7, 11) is 0. The van der Waals surface area contributed by atoms with E-state index in [0.717, 1.165) is 0 Å². The first kappa shape index (κ1) is 8.86. The van der Waals surface area contributed by atoms with Gasteiger partial charge >= 0.3 is 0 Å². The molecule has 0 bridgehead atoms. The Morgan fingerprint density at radius 3 is 1.50 bits per heavy atom. The van der Waals surface area contributed by atoms with Crippen molar-refractivity contribution >= 4 is 17.4 Å². The fourth-order valence-corrected chi connectivity index (χ4v) is 0. The van der Waals surface area contributed by atoms with Crippen LogP contribution < -0.4 is 0 Å². The van der Waals surface area contributed by atoms with Gasteiger partial charge in [-0.3, -0.25) is 0 Å². The standard InChI is InChI=1S/C3H5.Al.3H/c1-3-2;;;;/h3H,1-2H2;;;;. The lowest BCUT2D eigenvalue weighted by atomic mass is 10.8. The molecular weight excluding hydrogens is 63.0 g/mol. The SMILES string of the molecule is [AlH3].[CH2]C=C. The predicted octanol–water partition coefficient (Wildman–Crippen LogP) is -0.177.